The van der Waals surface area contributed by atoms with Gasteiger partial charge in [0.2, 0.25) is 0 Å². The van der Waals surface area contributed by atoms with Crippen molar-refractivity contribution in [1.29, 1.82) is 0 Å². The van der Waals surface area contributed by atoms with Crippen molar-refractivity contribution >= 4 is 23.5 Å². The number of ether oxygens (including phenoxy) is 1. The minimum absolute atomic E-state index is 0.0756. The van der Waals surface area contributed by atoms with Gasteiger partial charge in [-0.1, -0.05) is 35.5 Å². The first-order chi connectivity index (χ1) is 11.8. The SMILES string of the molecule is CCOC(=O)c1c(SCC(=O)c2ccc(C)cc2C)nc(=O)[nH]c1C. The van der Waals surface area contributed by atoms with Crippen LogP contribution in [0, 0.1) is 20.8 Å². The van der Waals surface area contributed by atoms with Crippen LogP contribution in [0.2, 0.25) is 0 Å². The summed E-state index contributed by atoms with van der Waals surface area (Å²) >= 11 is 1.06. The van der Waals surface area contributed by atoms with Crippen molar-refractivity contribution in [3.8, 4) is 0 Å². The molecule has 0 aliphatic carbocycles. The predicted octanol–water partition coefficient (Wildman–Crippen LogP) is 2.85. The number of nitrogens with zero attached hydrogens (tertiary/aromatic N) is 1. The standard InChI is InChI=1S/C18H20N2O4S/c1-5-24-17(22)15-12(4)19-18(23)20-16(15)25-9-14(21)13-7-6-10(2)8-11(13)3/h6-8H,5,9H2,1-4H3,(H,19,20,23). The molecule has 0 amide bonds. The van der Waals surface area contributed by atoms with Gasteiger partial charge in [0, 0.05) is 11.3 Å². The van der Waals surface area contributed by atoms with Crippen LogP contribution in [0.4, 0.5) is 0 Å². The molecule has 0 aliphatic heterocycles. The highest BCUT2D eigenvalue weighted by molar-refractivity contribution is 8.00. The number of benzene rings is 1. The zero-order chi connectivity index (χ0) is 18.6. The molecule has 0 atom stereocenters. The van der Waals surface area contributed by atoms with Crippen molar-refractivity contribution < 1.29 is 14.3 Å². The summed E-state index contributed by atoms with van der Waals surface area (Å²) in [5.74, 6) is -0.575. The molecule has 0 fully saturated rings. The van der Waals surface area contributed by atoms with E-state index in [9.17, 15) is 14.4 Å². The Morgan fingerprint density at radius 2 is 1.96 bits per heavy atom. The molecule has 1 aromatic heterocycles. The molecule has 132 valence electrons. The number of carbonyl (C=O) groups is 2. The molecular weight excluding hydrogens is 340 g/mol. The average Bonchev–Trinajstić information content (AvgIpc) is 2.52. The fourth-order valence-electron chi connectivity index (χ4n) is 2.45. The Hall–Kier alpha value is -2.41. The number of rotatable bonds is 6. The molecule has 7 heteroatoms. The minimum atomic E-state index is -0.565. The number of aromatic amines is 1. The molecule has 1 aromatic carbocycles. The molecule has 6 nitrogen and oxygen atoms in total. The van der Waals surface area contributed by atoms with Gasteiger partial charge in [0.1, 0.15) is 10.6 Å². The number of aryl methyl sites for hydroxylation is 3. The van der Waals surface area contributed by atoms with E-state index in [1.807, 2.05) is 26.0 Å². The maximum Gasteiger partial charge on any atom is 0.346 e. The second kappa shape index (κ2) is 8.11. The Morgan fingerprint density at radius 3 is 2.60 bits per heavy atom. The number of H-pyrrole nitrogens is 1. The van der Waals surface area contributed by atoms with Crippen molar-refractivity contribution in [3.63, 3.8) is 0 Å². The lowest BCUT2D eigenvalue weighted by atomic mass is 10.0. The van der Waals surface area contributed by atoms with E-state index < -0.39 is 11.7 Å². The Labute approximate surface area is 150 Å². The number of thioether (sulfide) groups is 1. The van der Waals surface area contributed by atoms with Crippen LogP contribution in [-0.4, -0.2) is 34.1 Å². The van der Waals surface area contributed by atoms with Crippen LogP contribution in [0.15, 0.2) is 28.0 Å². The maximum atomic E-state index is 12.5. The molecule has 0 bridgehead atoms. The highest BCUT2D eigenvalue weighted by Gasteiger charge is 2.20. The van der Waals surface area contributed by atoms with Gasteiger partial charge in [0.05, 0.1) is 12.4 Å². The van der Waals surface area contributed by atoms with E-state index in [0.29, 0.717) is 11.3 Å². The molecule has 2 aromatic rings. The zero-order valence-electron chi connectivity index (χ0n) is 14.6. The van der Waals surface area contributed by atoms with Crippen molar-refractivity contribution in [3.05, 3.63) is 56.6 Å². The second-order valence-corrected chi connectivity index (χ2v) is 6.56. The van der Waals surface area contributed by atoms with Gasteiger partial charge in [0.25, 0.3) is 0 Å². The fraction of sp³-hybridized carbons (Fsp3) is 0.333. The summed E-state index contributed by atoms with van der Waals surface area (Å²) < 4.78 is 5.01. The van der Waals surface area contributed by atoms with Crippen molar-refractivity contribution in [2.24, 2.45) is 0 Å². The van der Waals surface area contributed by atoms with Crippen LogP contribution < -0.4 is 5.69 Å². The topological polar surface area (TPSA) is 89.1 Å². The number of carbonyl (C=O) groups excluding carboxylic acids is 2. The van der Waals surface area contributed by atoms with E-state index in [0.717, 1.165) is 22.9 Å². The van der Waals surface area contributed by atoms with Gasteiger partial charge in [-0.2, -0.15) is 4.98 Å². The van der Waals surface area contributed by atoms with Crippen LogP contribution in [-0.2, 0) is 4.74 Å². The lowest BCUT2D eigenvalue weighted by Gasteiger charge is -2.10. The first-order valence-electron chi connectivity index (χ1n) is 7.84. The summed E-state index contributed by atoms with van der Waals surface area (Å²) in [6.45, 7) is 7.35. The minimum Gasteiger partial charge on any atom is -0.462 e. The fourth-order valence-corrected chi connectivity index (χ4v) is 3.40. The first-order valence-corrected chi connectivity index (χ1v) is 8.83. The second-order valence-electron chi connectivity index (χ2n) is 5.60. The third kappa shape index (κ3) is 4.57. The number of hydrogen-bond acceptors (Lipinski definition) is 6. The Bertz CT molecular complexity index is 874. The van der Waals surface area contributed by atoms with Crippen molar-refractivity contribution in [1.82, 2.24) is 9.97 Å². The molecular formula is C18H20N2O4S. The highest BCUT2D eigenvalue weighted by Crippen LogP contribution is 2.23. The normalized spacial score (nSPS) is 10.6. The lowest BCUT2D eigenvalue weighted by Crippen LogP contribution is -2.20. The molecule has 0 spiro atoms. The first kappa shape index (κ1) is 18.9. The Balaban J connectivity index is 2.26. The smallest absolute Gasteiger partial charge is 0.346 e. The molecule has 1 N–H and O–H groups in total. The van der Waals surface area contributed by atoms with E-state index >= 15 is 0 Å². The van der Waals surface area contributed by atoms with Crippen LogP contribution in [0.3, 0.4) is 0 Å². The molecule has 25 heavy (non-hydrogen) atoms. The van der Waals surface area contributed by atoms with Gasteiger partial charge in [-0.3, -0.25) is 4.79 Å². The maximum absolute atomic E-state index is 12.5. The largest absolute Gasteiger partial charge is 0.462 e. The third-order valence-corrected chi connectivity index (χ3v) is 4.56. The summed E-state index contributed by atoms with van der Waals surface area (Å²) in [6, 6.07) is 5.61. The molecule has 1 heterocycles. The summed E-state index contributed by atoms with van der Waals surface area (Å²) in [5, 5.41) is 0.206. The Kier molecular flexibility index (Phi) is 6.14. The van der Waals surface area contributed by atoms with E-state index in [2.05, 4.69) is 9.97 Å². The highest BCUT2D eigenvalue weighted by atomic mass is 32.2. The van der Waals surface area contributed by atoms with E-state index in [-0.39, 0.29) is 28.7 Å². The van der Waals surface area contributed by atoms with Gasteiger partial charge in [0.15, 0.2) is 5.78 Å². The van der Waals surface area contributed by atoms with E-state index in [4.69, 9.17) is 4.74 Å². The number of ketones is 1. The van der Waals surface area contributed by atoms with Gasteiger partial charge in [-0.05, 0) is 33.3 Å². The summed E-state index contributed by atoms with van der Waals surface area (Å²) in [6.07, 6.45) is 0. The molecule has 0 aliphatic rings. The molecule has 0 saturated carbocycles. The zero-order valence-corrected chi connectivity index (χ0v) is 15.5. The van der Waals surface area contributed by atoms with E-state index in [1.54, 1.807) is 19.9 Å². The molecule has 2 rings (SSSR count). The average molecular weight is 360 g/mol. The Morgan fingerprint density at radius 1 is 1.24 bits per heavy atom. The molecule has 0 radical (unpaired) electrons. The quantitative estimate of drug-likeness (QED) is 0.369. The van der Waals surface area contributed by atoms with Crippen LogP contribution in [0.25, 0.3) is 0 Å². The van der Waals surface area contributed by atoms with Gasteiger partial charge < -0.3 is 9.72 Å². The molecule has 0 saturated heterocycles. The van der Waals surface area contributed by atoms with Crippen molar-refractivity contribution in [2.45, 2.75) is 32.7 Å². The van der Waals surface area contributed by atoms with Crippen LogP contribution in [0.5, 0.6) is 0 Å². The predicted molar refractivity (Wildman–Crippen MR) is 96.5 cm³/mol. The summed E-state index contributed by atoms with van der Waals surface area (Å²) in [7, 11) is 0. The van der Waals surface area contributed by atoms with Gasteiger partial charge in [-0.25, -0.2) is 9.59 Å². The lowest BCUT2D eigenvalue weighted by molar-refractivity contribution is 0.0519. The number of hydrogen-bond donors (Lipinski definition) is 1. The number of esters is 1. The van der Waals surface area contributed by atoms with Crippen molar-refractivity contribution in [2.75, 3.05) is 12.4 Å². The van der Waals surface area contributed by atoms with Crippen LogP contribution >= 0.6 is 11.8 Å². The number of aromatic nitrogens is 2. The summed E-state index contributed by atoms with van der Waals surface area (Å²) in [4.78, 5) is 42.6. The summed E-state index contributed by atoms with van der Waals surface area (Å²) in [5.41, 5.74) is 2.61. The molecule has 0 unspecified atom stereocenters. The third-order valence-electron chi connectivity index (χ3n) is 3.59. The van der Waals surface area contributed by atoms with Gasteiger partial charge >= 0.3 is 11.7 Å². The van der Waals surface area contributed by atoms with Gasteiger partial charge in [-0.15, -0.1) is 0 Å². The number of Topliss-reactive ketones (excluding diaryl/α,β-unsaturated/α-hetero) is 1. The monoisotopic (exact) mass is 360 g/mol. The van der Waals surface area contributed by atoms with E-state index in [1.165, 1.54) is 0 Å². The number of nitrogens with one attached hydrogen (secondary N) is 1. The van der Waals surface area contributed by atoms with Crippen LogP contribution in [0.1, 0.15) is 44.5 Å².